The lowest BCUT2D eigenvalue weighted by Gasteiger charge is -2.38. The molecule has 0 aromatic heterocycles. The zero-order chi connectivity index (χ0) is 19.7. The second-order valence-corrected chi connectivity index (χ2v) is 6.80. The number of carbonyl (C=O) groups is 4. The maximum atomic E-state index is 12.4. The molecule has 0 bridgehead atoms. The molecular formula is C18H30N2O6. The first-order valence-corrected chi connectivity index (χ1v) is 9.39. The van der Waals surface area contributed by atoms with Crippen LogP contribution in [0, 0.1) is 5.92 Å². The van der Waals surface area contributed by atoms with Gasteiger partial charge in [-0.15, -0.1) is 0 Å². The summed E-state index contributed by atoms with van der Waals surface area (Å²) >= 11 is 0. The van der Waals surface area contributed by atoms with Gasteiger partial charge in [-0.25, -0.2) is 4.79 Å². The Bertz CT molecular complexity index is 514. The zero-order valence-electron chi connectivity index (χ0n) is 15.6. The third kappa shape index (κ3) is 6.40. The number of imide groups is 2. The third-order valence-corrected chi connectivity index (χ3v) is 4.64. The van der Waals surface area contributed by atoms with Crippen LogP contribution in [0.5, 0.6) is 0 Å². The molecule has 1 saturated heterocycles. The molecule has 0 aromatic rings. The molecule has 1 aliphatic heterocycles. The van der Waals surface area contributed by atoms with Crippen molar-refractivity contribution in [3.8, 4) is 0 Å². The van der Waals surface area contributed by atoms with Gasteiger partial charge in [-0.1, -0.05) is 26.7 Å². The summed E-state index contributed by atoms with van der Waals surface area (Å²) < 4.78 is 0. The number of hydrogen-bond donors (Lipinski definition) is 3. The Balaban J connectivity index is 0.000000487. The maximum Gasteiger partial charge on any atom is 0.331 e. The van der Waals surface area contributed by atoms with E-state index in [1.54, 1.807) is 0 Å². The third-order valence-electron chi connectivity index (χ3n) is 4.64. The zero-order valence-corrected chi connectivity index (χ0v) is 15.6. The Labute approximate surface area is 153 Å². The minimum atomic E-state index is -0.737. The van der Waals surface area contributed by atoms with Crippen molar-refractivity contribution in [1.29, 1.82) is 0 Å². The van der Waals surface area contributed by atoms with Crippen LogP contribution in [-0.2, 0) is 14.4 Å². The number of nitrogens with zero attached hydrogens (tertiary/aromatic N) is 1. The Morgan fingerprint density at radius 2 is 1.73 bits per heavy atom. The van der Waals surface area contributed by atoms with E-state index in [9.17, 15) is 24.3 Å². The van der Waals surface area contributed by atoms with E-state index in [0.29, 0.717) is 38.5 Å². The highest BCUT2D eigenvalue weighted by Crippen LogP contribution is 2.27. The average molecular weight is 370 g/mol. The lowest BCUT2D eigenvalue weighted by atomic mass is 9.89. The van der Waals surface area contributed by atoms with Gasteiger partial charge in [0.05, 0.1) is 6.10 Å². The highest BCUT2D eigenvalue weighted by atomic mass is 16.4. The van der Waals surface area contributed by atoms with Gasteiger partial charge in [0.1, 0.15) is 5.92 Å². The fraction of sp³-hybridized carbons (Fsp3) is 0.778. The highest BCUT2D eigenvalue weighted by Gasteiger charge is 2.43. The van der Waals surface area contributed by atoms with Crippen LogP contribution in [0.4, 0.5) is 4.79 Å². The quantitative estimate of drug-likeness (QED) is 0.615. The van der Waals surface area contributed by atoms with Crippen LogP contribution in [0.2, 0.25) is 0 Å². The predicted molar refractivity (Wildman–Crippen MR) is 94.2 cm³/mol. The van der Waals surface area contributed by atoms with E-state index in [-0.39, 0.29) is 18.1 Å². The number of aliphatic hydroxyl groups excluding tert-OH is 1. The normalized spacial score (nSPS) is 26.0. The molecule has 148 valence electrons. The van der Waals surface area contributed by atoms with E-state index < -0.39 is 23.8 Å². The van der Waals surface area contributed by atoms with Gasteiger partial charge in [0.25, 0.3) is 0 Å². The monoisotopic (exact) mass is 370 g/mol. The fourth-order valence-electron chi connectivity index (χ4n) is 3.17. The van der Waals surface area contributed by atoms with Crippen LogP contribution >= 0.6 is 0 Å². The van der Waals surface area contributed by atoms with Crippen molar-refractivity contribution in [3.05, 3.63) is 0 Å². The smallest absolute Gasteiger partial charge is 0.331 e. The molecule has 8 nitrogen and oxygen atoms in total. The molecule has 2 aliphatic rings. The number of nitrogens with one attached hydrogen (secondary N) is 1. The van der Waals surface area contributed by atoms with Gasteiger partial charge in [0.2, 0.25) is 11.8 Å². The van der Waals surface area contributed by atoms with Gasteiger partial charge in [0.15, 0.2) is 0 Å². The number of rotatable bonds is 6. The lowest BCUT2D eigenvalue weighted by molar-refractivity contribution is -0.145. The van der Waals surface area contributed by atoms with Gasteiger partial charge in [-0.3, -0.25) is 24.6 Å². The second kappa shape index (κ2) is 10.9. The molecule has 1 aliphatic carbocycles. The van der Waals surface area contributed by atoms with Crippen molar-refractivity contribution < 1.29 is 29.4 Å². The van der Waals surface area contributed by atoms with Crippen LogP contribution in [0.1, 0.15) is 71.6 Å². The van der Waals surface area contributed by atoms with Crippen molar-refractivity contribution in [2.24, 2.45) is 5.92 Å². The van der Waals surface area contributed by atoms with E-state index in [4.69, 9.17) is 5.11 Å². The SMILES string of the molecule is CCCC(=O)O.CCCCC1C(=O)NC(=O)N(C2CCC(O)CC2)C1=O. The summed E-state index contributed by atoms with van der Waals surface area (Å²) in [7, 11) is 0. The van der Waals surface area contributed by atoms with Crippen LogP contribution < -0.4 is 5.32 Å². The average Bonchev–Trinajstić information content (AvgIpc) is 2.56. The molecule has 2 rings (SSSR count). The summed E-state index contributed by atoms with van der Waals surface area (Å²) in [5.41, 5.74) is 0. The molecule has 1 unspecified atom stereocenters. The van der Waals surface area contributed by atoms with Crippen molar-refractivity contribution in [2.75, 3.05) is 0 Å². The van der Waals surface area contributed by atoms with E-state index >= 15 is 0 Å². The van der Waals surface area contributed by atoms with Crippen molar-refractivity contribution in [3.63, 3.8) is 0 Å². The van der Waals surface area contributed by atoms with Crippen LogP contribution in [0.3, 0.4) is 0 Å². The molecule has 1 atom stereocenters. The summed E-state index contributed by atoms with van der Waals surface area (Å²) in [6, 6.07) is -0.794. The molecule has 1 heterocycles. The molecule has 0 radical (unpaired) electrons. The van der Waals surface area contributed by atoms with E-state index in [2.05, 4.69) is 5.32 Å². The topological polar surface area (TPSA) is 124 Å². The first kappa shape index (κ1) is 22.1. The number of carboxylic acid groups (broad SMARTS) is 1. The Morgan fingerprint density at radius 1 is 1.12 bits per heavy atom. The summed E-state index contributed by atoms with van der Waals surface area (Å²) in [5.74, 6) is -2.29. The summed E-state index contributed by atoms with van der Waals surface area (Å²) in [5, 5.41) is 19.7. The highest BCUT2D eigenvalue weighted by molar-refractivity contribution is 6.16. The first-order valence-electron chi connectivity index (χ1n) is 9.39. The van der Waals surface area contributed by atoms with Crippen molar-refractivity contribution >= 4 is 23.8 Å². The Morgan fingerprint density at radius 3 is 2.19 bits per heavy atom. The standard InChI is InChI=1S/C14H22N2O4.C4H8O2/c1-2-3-4-11-12(18)15-14(20)16(13(11)19)9-5-7-10(17)8-6-9;1-2-3-4(5)6/h9-11,17H,2-8H2,1H3,(H,15,18,20);2-3H2,1H3,(H,5,6). The number of unbranched alkanes of at least 4 members (excludes halogenated alkanes) is 1. The molecule has 1 saturated carbocycles. The van der Waals surface area contributed by atoms with Gasteiger partial charge < -0.3 is 10.2 Å². The van der Waals surface area contributed by atoms with Crippen molar-refractivity contribution in [2.45, 2.75) is 83.8 Å². The molecule has 2 fully saturated rings. The molecule has 3 N–H and O–H groups in total. The molecule has 0 spiro atoms. The first-order chi connectivity index (χ1) is 12.3. The number of aliphatic carboxylic acids is 1. The molecular weight excluding hydrogens is 340 g/mol. The van der Waals surface area contributed by atoms with Gasteiger partial charge in [-0.05, 0) is 38.5 Å². The minimum Gasteiger partial charge on any atom is -0.481 e. The van der Waals surface area contributed by atoms with Gasteiger partial charge in [-0.2, -0.15) is 0 Å². The summed E-state index contributed by atoms with van der Waals surface area (Å²) in [6.45, 7) is 3.84. The maximum absolute atomic E-state index is 12.4. The number of amides is 4. The molecule has 8 heteroatoms. The van der Waals surface area contributed by atoms with Gasteiger partial charge >= 0.3 is 12.0 Å². The predicted octanol–water partition coefficient (Wildman–Crippen LogP) is 2.05. The number of urea groups is 1. The fourth-order valence-corrected chi connectivity index (χ4v) is 3.17. The molecule has 26 heavy (non-hydrogen) atoms. The molecule has 0 aromatic carbocycles. The van der Waals surface area contributed by atoms with E-state index in [1.165, 1.54) is 4.90 Å². The summed E-state index contributed by atoms with van der Waals surface area (Å²) in [6.07, 6.45) is 5.26. The Hall–Kier alpha value is -1.96. The number of carbonyl (C=O) groups excluding carboxylic acids is 3. The van der Waals surface area contributed by atoms with E-state index in [0.717, 1.165) is 19.3 Å². The van der Waals surface area contributed by atoms with Crippen LogP contribution in [0.15, 0.2) is 0 Å². The van der Waals surface area contributed by atoms with Crippen molar-refractivity contribution in [1.82, 2.24) is 10.2 Å². The lowest BCUT2D eigenvalue weighted by Crippen LogP contribution is -2.61. The van der Waals surface area contributed by atoms with E-state index in [1.807, 2.05) is 13.8 Å². The second-order valence-electron chi connectivity index (χ2n) is 6.80. The number of hydrogen-bond acceptors (Lipinski definition) is 5. The minimum absolute atomic E-state index is 0.192. The molecule has 4 amide bonds. The largest absolute Gasteiger partial charge is 0.481 e. The van der Waals surface area contributed by atoms with Crippen LogP contribution in [-0.4, -0.2) is 51.1 Å². The number of carboxylic acids is 1. The summed E-state index contributed by atoms with van der Waals surface area (Å²) in [4.78, 5) is 46.9. The number of barbiturate groups is 1. The van der Waals surface area contributed by atoms with Crippen LogP contribution in [0.25, 0.3) is 0 Å². The number of aliphatic hydroxyl groups is 1. The van der Waals surface area contributed by atoms with Gasteiger partial charge in [0, 0.05) is 12.5 Å². The Kier molecular flexibility index (Phi) is 9.26.